The molecule has 1 saturated heterocycles. The summed E-state index contributed by atoms with van der Waals surface area (Å²) < 4.78 is 21.2. The Labute approximate surface area is 183 Å². The SMILES string of the molecule is CCOc1cc(Cl)ccc1-n1c(CN2CCNCC2)nc2c(Cl)cc(F)cc2c1=O. The summed E-state index contributed by atoms with van der Waals surface area (Å²) in [5, 5.41) is 4.02. The highest BCUT2D eigenvalue weighted by molar-refractivity contribution is 6.35. The molecule has 0 unspecified atom stereocenters. The van der Waals surface area contributed by atoms with Gasteiger partial charge in [-0.25, -0.2) is 9.37 Å². The number of ether oxygens (including phenoxy) is 1. The predicted molar refractivity (Wildman–Crippen MR) is 117 cm³/mol. The van der Waals surface area contributed by atoms with E-state index in [0.29, 0.717) is 35.4 Å². The topological polar surface area (TPSA) is 59.4 Å². The lowest BCUT2D eigenvalue weighted by Gasteiger charge is -2.28. The highest BCUT2D eigenvalue weighted by Gasteiger charge is 2.21. The molecule has 2 heterocycles. The summed E-state index contributed by atoms with van der Waals surface area (Å²) in [6.07, 6.45) is 0. The third-order valence-electron chi connectivity index (χ3n) is 5.00. The lowest BCUT2D eigenvalue weighted by Crippen LogP contribution is -2.44. The van der Waals surface area contributed by atoms with Crippen molar-refractivity contribution in [2.45, 2.75) is 13.5 Å². The van der Waals surface area contributed by atoms with E-state index in [1.54, 1.807) is 18.2 Å². The molecular formula is C21H21Cl2FN4O2. The Morgan fingerprint density at radius 2 is 1.97 bits per heavy atom. The minimum Gasteiger partial charge on any atom is -0.492 e. The monoisotopic (exact) mass is 450 g/mol. The maximum absolute atomic E-state index is 14.0. The van der Waals surface area contributed by atoms with Crippen LogP contribution in [-0.4, -0.2) is 47.2 Å². The lowest BCUT2D eigenvalue weighted by molar-refractivity contribution is 0.226. The average Bonchev–Trinajstić information content (AvgIpc) is 2.71. The highest BCUT2D eigenvalue weighted by Crippen LogP contribution is 2.29. The smallest absolute Gasteiger partial charge is 0.266 e. The molecule has 0 atom stereocenters. The van der Waals surface area contributed by atoms with E-state index in [1.165, 1.54) is 10.6 Å². The van der Waals surface area contributed by atoms with Crippen LogP contribution in [0.5, 0.6) is 5.75 Å². The molecule has 1 N–H and O–H groups in total. The summed E-state index contributed by atoms with van der Waals surface area (Å²) in [4.78, 5) is 20.4. The van der Waals surface area contributed by atoms with E-state index in [1.807, 2.05) is 6.92 Å². The Morgan fingerprint density at radius 3 is 2.70 bits per heavy atom. The number of piperazine rings is 1. The van der Waals surface area contributed by atoms with Gasteiger partial charge in [-0.3, -0.25) is 14.3 Å². The third-order valence-corrected chi connectivity index (χ3v) is 5.52. The summed E-state index contributed by atoms with van der Waals surface area (Å²) >= 11 is 12.4. The second-order valence-electron chi connectivity index (χ2n) is 7.02. The molecule has 0 amide bonds. The second kappa shape index (κ2) is 8.89. The molecule has 30 heavy (non-hydrogen) atoms. The van der Waals surface area contributed by atoms with Crippen LogP contribution in [0.1, 0.15) is 12.7 Å². The molecule has 3 aromatic rings. The average molecular weight is 451 g/mol. The van der Waals surface area contributed by atoms with Crippen LogP contribution in [0.15, 0.2) is 35.1 Å². The van der Waals surface area contributed by atoms with E-state index in [9.17, 15) is 9.18 Å². The number of fused-ring (bicyclic) bond motifs is 1. The van der Waals surface area contributed by atoms with Gasteiger partial charge >= 0.3 is 0 Å². The molecule has 9 heteroatoms. The van der Waals surface area contributed by atoms with Crippen LogP contribution < -0.4 is 15.6 Å². The summed E-state index contributed by atoms with van der Waals surface area (Å²) in [5.41, 5.74) is 0.386. The van der Waals surface area contributed by atoms with Crippen LogP contribution in [0.4, 0.5) is 4.39 Å². The molecule has 0 bridgehead atoms. The third kappa shape index (κ3) is 4.16. The van der Waals surface area contributed by atoms with E-state index in [0.717, 1.165) is 32.2 Å². The minimum atomic E-state index is -0.589. The van der Waals surface area contributed by atoms with Crippen molar-refractivity contribution in [3.05, 3.63) is 62.4 Å². The zero-order chi connectivity index (χ0) is 21.3. The fraction of sp³-hybridized carbons (Fsp3) is 0.333. The van der Waals surface area contributed by atoms with E-state index in [4.69, 9.17) is 27.9 Å². The van der Waals surface area contributed by atoms with Crippen LogP contribution in [0.3, 0.4) is 0 Å². The van der Waals surface area contributed by atoms with Gasteiger partial charge in [-0.2, -0.15) is 0 Å². The maximum atomic E-state index is 14.0. The molecule has 0 radical (unpaired) electrons. The zero-order valence-corrected chi connectivity index (χ0v) is 17.9. The number of nitrogens with one attached hydrogen (secondary N) is 1. The van der Waals surface area contributed by atoms with Gasteiger partial charge in [0.2, 0.25) is 0 Å². The van der Waals surface area contributed by atoms with Gasteiger partial charge in [0.25, 0.3) is 5.56 Å². The minimum absolute atomic E-state index is 0.108. The van der Waals surface area contributed by atoms with Gasteiger partial charge < -0.3 is 10.1 Å². The fourth-order valence-corrected chi connectivity index (χ4v) is 4.04. The number of benzene rings is 2. The number of aromatic nitrogens is 2. The van der Waals surface area contributed by atoms with E-state index in [-0.39, 0.29) is 15.9 Å². The van der Waals surface area contributed by atoms with Crippen molar-refractivity contribution in [3.63, 3.8) is 0 Å². The van der Waals surface area contributed by atoms with Crippen LogP contribution >= 0.6 is 23.2 Å². The van der Waals surface area contributed by atoms with Crippen molar-refractivity contribution in [1.29, 1.82) is 0 Å². The van der Waals surface area contributed by atoms with Crippen LogP contribution in [-0.2, 0) is 6.54 Å². The summed E-state index contributed by atoms with van der Waals surface area (Å²) in [6.45, 7) is 6.05. The van der Waals surface area contributed by atoms with Gasteiger partial charge in [0, 0.05) is 37.3 Å². The first-order chi connectivity index (χ1) is 14.5. The summed E-state index contributed by atoms with van der Waals surface area (Å²) in [6, 6.07) is 7.39. The normalized spacial score (nSPS) is 14.9. The van der Waals surface area contributed by atoms with Crippen molar-refractivity contribution in [2.24, 2.45) is 0 Å². The lowest BCUT2D eigenvalue weighted by atomic mass is 10.2. The fourth-order valence-electron chi connectivity index (χ4n) is 3.63. The van der Waals surface area contributed by atoms with Crippen molar-refractivity contribution in [2.75, 3.05) is 32.8 Å². The molecule has 158 valence electrons. The van der Waals surface area contributed by atoms with Gasteiger partial charge in [0.05, 0.1) is 34.8 Å². The second-order valence-corrected chi connectivity index (χ2v) is 7.87. The van der Waals surface area contributed by atoms with Crippen LogP contribution in [0, 0.1) is 5.82 Å². The Morgan fingerprint density at radius 1 is 1.20 bits per heavy atom. The van der Waals surface area contributed by atoms with Crippen LogP contribution in [0.2, 0.25) is 10.0 Å². The largest absolute Gasteiger partial charge is 0.492 e. The molecule has 0 spiro atoms. The molecule has 0 saturated carbocycles. The van der Waals surface area contributed by atoms with E-state index < -0.39 is 11.4 Å². The summed E-state index contributed by atoms with van der Waals surface area (Å²) in [5.74, 6) is 0.373. The zero-order valence-electron chi connectivity index (χ0n) is 16.4. The Hall–Kier alpha value is -2.19. The van der Waals surface area contributed by atoms with Crippen LogP contribution in [0.25, 0.3) is 16.6 Å². The molecule has 4 rings (SSSR count). The van der Waals surface area contributed by atoms with E-state index >= 15 is 0 Å². The molecule has 2 aromatic carbocycles. The first-order valence-corrected chi connectivity index (χ1v) is 10.5. The molecule has 6 nitrogen and oxygen atoms in total. The highest BCUT2D eigenvalue weighted by atomic mass is 35.5. The van der Waals surface area contributed by atoms with Crippen molar-refractivity contribution >= 4 is 34.1 Å². The summed E-state index contributed by atoms with van der Waals surface area (Å²) in [7, 11) is 0. The number of hydrogen-bond acceptors (Lipinski definition) is 5. The Bertz CT molecular complexity index is 1150. The van der Waals surface area contributed by atoms with Crippen molar-refractivity contribution in [1.82, 2.24) is 19.8 Å². The quantitative estimate of drug-likeness (QED) is 0.642. The first-order valence-electron chi connectivity index (χ1n) is 9.74. The molecule has 0 aliphatic carbocycles. The van der Waals surface area contributed by atoms with Gasteiger partial charge in [-0.1, -0.05) is 23.2 Å². The Kier molecular flexibility index (Phi) is 6.24. The molecular weight excluding hydrogens is 430 g/mol. The van der Waals surface area contributed by atoms with Crippen molar-refractivity contribution < 1.29 is 9.13 Å². The first kappa shape index (κ1) is 21.1. The number of rotatable bonds is 5. The van der Waals surface area contributed by atoms with Gasteiger partial charge in [-0.05, 0) is 31.2 Å². The number of hydrogen-bond donors (Lipinski definition) is 1. The molecule has 1 fully saturated rings. The number of nitrogens with zero attached hydrogens (tertiary/aromatic N) is 3. The Balaban J connectivity index is 1.97. The number of halogens is 3. The molecule has 1 aromatic heterocycles. The van der Waals surface area contributed by atoms with E-state index in [2.05, 4.69) is 15.2 Å². The van der Waals surface area contributed by atoms with Gasteiger partial charge in [0.15, 0.2) is 0 Å². The predicted octanol–water partition coefficient (Wildman–Crippen LogP) is 3.64. The van der Waals surface area contributed by atoms with Crippen molar-refractivity contribution in [3.8, 4) is 11.4 Å². The molecule has 1 aliphatic heterocycles. The molecule has 1 aliphatic rings. The van der Waals surface area contributed by atoms with Gasteiger partial charge in [-0.15, -0.1) is 0 Å². The maximum Gasteiger partial charge on any atom is 0.266 e. The standard InChI is InChI=1S/C21H21Cl2FN4O2/c1-2-30-18-9-13(22)3-4-17(18)28-19(12-27-7-5-25-6-8-27)26-20-15(21(28)29)10-14(24)11-16(20)23/h3-4,9-11,25H,2,5-8,12H2,1H3. The van der Waals surface area contributed by atoms with Gasteiger partial charge in [0.1, 0.15) is 17.4 Å².